The number of carbonyl (C=O) groups excluding carboxylic acids is 2. The zero-order valence-electron chi connectivity index (χ0n) is 18.7. The zero-order valence-corrected chi connectivity index (χ0v) is 18.7. The first-order chi connectivity index (χ1) is 16.2. The van der Waals surface area contributed by atoms with E-state index in [2.05, 4.69) is 15.6 Å². The molecule has 1 aromatic heterocycles. The van der Waals surface area contributed by atoms with Gasteiger partial charge in [0.1, 0.15) is 17.7 Å². The number of aromatic hydroxyl groups is 1. The fourth-order valence-electron chi connectivity index (χ4n) is 3.29. The Morgan fingerprint density at radius 3 is 2.00 bits per heavy atom. The van der Waals surface area contributed by atoms with Gasteiger partial charge in [-0.3, -0.25) is 9.59 Å². The maximum Gasteiger partial charge on any atom is 0.274 e. The molecule has 0 spiro atoms. The molecule has 3 N–H and O–H groups in total. The first-order valence-electron chi connectivity index (χ1n) is 10.3. The van der Waals surface area contributed by atoms with Crippen molar-refractivity contribution < 1.29 is 28.2 Å². The first kappa shape index (κ1) is 24.4. The molecule has 2 amide bonds. The minimum Gasteiger partial charge on any atom is -0.503 e. The Bertz CT molecular complexity index is 1180. The Labute approximate surface area is 195 Å². The van der Waals surface area contributed by atoms with Gasteiger partial charge in [0.05, 0.1) is 7.11 Å². The summed E-state index contributed by atoms with van der Waals surface area (Å²) in [4.78, 5) is 29.2. The van der Waals surface area contributed by atoms with Gasteiger partial charge in [0.2, 0.25) is 5.91 Å². The number of hydrogen-bond donors (Lipinski definition) is 3. The summed E-state index contributed by atoms with van der Waals surface area (Å²) in [5, 5.41) is 15.3. The quantitative estimate of drug-likeness (QED) is 0.491. The molecule has 0 aliphatic rings. The van der Waals surface area contributed by atoms with Crippen molar-refractivity contribution >= 4 is 17.4 Å². The predicted molar refractivity (Wildman–Crippen MR) is 122 cm³/mol. The molecule has 0 unspecified atom stereocenters. The van der Waals surface area contributed by atoms with Gasteiger partial charge in [-0.05, 0) is 49.2 Å². The number of aromatic nitrogens is 1. The minimum absolute atomic E-state index is 0.0688. The monoisotopic (exact) mass is 467 g/mol. The van der Waals surface area contributed by atoms with Crippen molar-refractivity contribution in [3.8, 4) is 11.5 Å². The van der Waals surface area contributed by atoms with Crippen LogP contribution in [0.4, 0.5) is 8.78 Å². The summed E-state index contributed by atoms with van der Waals surface area (Å²) in [6, 6.07) is 11.7. The minimum atomic E-state index is -1.00. The Morgan fingerprint density at radius 2 is 1.50 bits per heavy atom. The van der Waals surface area contributed by atoms with Gasteiger partial charge in [0, 0.05) is 23.5 Å². The summed E-state index contributed by atoms with van der Waals surface area (Å²) < 4.78 is 31.9. The van der Waals surface area contributed by atoms with Crippen molar-refractivity contribution in [2.75, 3.05) is 7.11 Å². The van der Waals surface area contributed by atoms with Crippen LogP contribution in [-0.2, 0) is 4.79 Å². The molecule has 34 heavy (non-hydrogen) atoms. The Morgan fingerprint density at radius 1 is 0.971 bits per heavy atom. The van der Waals surface area contributed by atoms with Crippen molar-refractivity contribution in [2.24, 2.45) is 0 Å². The van der Waals surface area contributed by atoms with Crippen LogP contribution in [0.15, 0.2) is 66.5 Å². The third kappa shape index (κ3) is 5.55. The van der Waals surface area contributed by atoms with Crippen molar-refractivity contribution in [3.05, 3.63) is 94.9 Å². The van der Waals surface area contributed by atoms with Crippen molar-refractivity contribution in [3.63, 3.8) is 0 Å². The second-order valence-corrected chi connectivity index (χ2v) is 7.41. The normalized spacial score (nSPS) is 11.3. The lowest BCUT2D eigenvalue weighted by molar-refractivity contribution is -0.121. The molecular weight excluding hydrogens is 444 g/mol. The van der Waals surface area contributed by atoms with Crippen LogP contribution in [0.2, 0.25) is 0 Å². The lowest BCUT2D eigenvalue weighted by Gasteiger charge is -2.18. The number of nitrogens with zero attached hydrogens (tertiary/aromatic N) is 1. The maximum absolute atomic E-state index is 13.5. The van der Waals surface area contributed by atoms with Crippen LogP contribution >= 0.6 is 0 Å². The van der Waals surface area contributed by atoms with E-state index in [1.165, 1.54) is 50.6 Å². The highest BCUT2D eigenvalue weighted by molar-refractivity contribution is 5.99. The summed E-state index contributed by atoms with van der Waals surface area (Å²) in [7, 11) is 1.34. The van der Waals surface area contributed by atoms with E-state index in [0.717, 1.165) is 0 Å². The van der Waals surface area contributed by atoms with E-state index in [-0.39, 0.29) is 11.4 Å². The molecule has 3 aromatic rings. The molecule has 0 radical (unpaired) electrons. The van der Waals surface area contributed by atoms with Gasteiger partial charge in [-0.15, -0.1) is 0 Å². The highest BCUT2D eigenvalue weighted by Crippen LogP contribution is 2.28. The number of amides is 2. The van der Waals surface area contributed by atoms with Crippen LogP contribution in [0.25, 0.3) is 5.57 Å². The molecule has 3 rings (SSSR count). The molecule has 0 saturated heterocycles. The Kier molecular flexibility index (Phi) is 7.57. The van der Waals surface area contributed by atoms with Gasteiger partial charge in [-0.1, -0.05) is 24.3 Å². The summed E-state index contributed by atoms with van der Waals surface area (Å²) in [6.45, 7) is 3.11. The average Bonchev–Trinajstić information content (AvgIpc) is 2.81. The van der Waals surface area contributed by atoms with E-state index in [1.807, 2.05) is 0 Å². The van der Waals surface area contributed by atoms with Gasteiger partial charge in [0.25, 0.3) is 5.91 Å². The Hall–Kier alpha value is -4.27. The highest BCUT2D eigenvalue weighted by atomic mass is 19.1. The summed E-state index contributed by atoms with van der Waals surface area (Å²) in [5.41, 5.74) is 1.89. The molecule has 7 nitrogen and oxygen atoms in total. The molecule has 9 heteroatoms. The van der Waals surface area contributed by atoms with Crippen LogP contribution in [0.5, 0.6) is 11.5 Å². The zero-order chi connectivity index (χ0) is 24.8. The van der Waals surface area contributed by atoms with Crippen LogP contribution in [0, 0.1) is 11.6 Å². The Balaban J connectivity index is 1.84. The molecule has 2 aromatic carbocycles. The number of ether oxygens (including phenoxy) is 1. The number of allylic oxidation sites excluding steroid dienone is 1. The molecule has 176 valence electrons. The van der Waals surface area contributed by atoms with Crippen LogP contribution < -0.4 is 15.4 Å². The number of nitrogens with one attached hydrogen (secondary N) is 2. The third-order valence-corrected chi connectivity index (χ3v) is 5.01. The topological polar surface area (TPSA) is 101 Å². The smallest absolute Gasteiger partial charge is 0.274 e. The molecular formula is C25H23F2N3O4. The van der Waals surface area contributed by atoms with Crippen molar-refractivity contribution in [2.45, 2.75) is 19.9 Å². The van der Waals surface area contributed by atoms with Crippen LogP contribution in [-0.4, -0.2) is 35.1 Å². The number of rotatable bonds is 7. The van der Waals surface area contributed by atoms with E-state index in [4.69, 9.17) is 4.74 Å². The summed E-state index contributed by atoms with van der Waals surface area (Å²) >= 11 is 0. The molecule has 0 fully saturated rings. The fourth-order valence-corrected chi connectivity index (χ4v) is 3.29. The lowest BCUT2D eigenvalue weighted by atomic mass is 9.96. The number of hydrogen-bond acceptors (Lipinski definition) is 5. The van der Waals surface area contributed by atoms with Gasteiger partial charge in [-0.2, -0.15) is 0 Å². The second-order valence-electron chi connectivity index (χ2n) is 7.41. The van der Waals surface area contributed by atoms with Crippen molar-refractivity contribution in [1.29, 1.82) is 0 Å². The SMILES string of the molecule is COc1ccnc(C(=O)N[C@@H](C)C(=O)NC(C)=C(c2ccc(F)cc2)c2ccc(F)cc2)c1O. The molecule has 0 aliphatic heterocycles. The standard InChI is InChI=1S/C25H23F2N3O4/c1-14(21(16-4-8-18(26)9-5-16)17-6-10-19(27)11-7-17)29-24(32)15(2)30-25(33)22-23(31)20(34-3)12-13-28-22/h4-13,15,31H,1-3H3,(H,29,32)(H,30,33)/t15-/m0/s1. The lowest BCUT2D eigenvalue weighted by Crippen LogP contribution is -2.44. The highest BCUT2D eigenvalue weighted by Gasteiger charge is 2.22. The van der Waals surface area contributed by atoms with E-state index in [0.29, 0.717) is 22.4 Å². The second kappa shape index (κ2) is 10.6. The number of benzene rings is 2. The molecule has 1 heterocycles. The van der Waals surface area contributed by atoms with E-state index >= 15 is 0 Å². The van der Waals surface area contributed by atoms with E-state index in [9.17, 15) is 23.5 Å². The fraction of sp³-hybridized carbons (Fsp3) is 0.160. The number of halogens is 2. The van der Waals surface area contributed by atoms with E-state index < -0.39 is 35.2 Å². The average molecular weight is 467 g/mol. The summed E-state index contributed by atoms with van der Waals surface area (Å²) in [6.07, 6.45) is 1.29. The molecule has 0 saturated carbocycles. The number of carbonyl (C=O) groups is 2. The van der Waals surface area contributed by atoms with Gasteiger partial charge >= 0.3 is 0 Å². The maximum atomic E-state index is 13.5. The van der Waals surface area contributed by atoms with Crippen molar-refractivity contribution in [1.82, 2.24) is 15.6 Å². The van der Waals surface area contributed by atoms with E-state index in [1.54, 1.807) is 31.2 Å². The van der Waals surface area contributed by atoms with Crippen LogP contribution in [0.1, 0.15) is 35.5 Å². The third-order valence-electron chi connectivity index (χ3n) is 5.01. The van der Waals surface area contributed by atoms with Gasteiger partial charge in [-0.25, -0.2) is 13.8 Å². The number of methoxy groups -OCH3 is 1. The molecule has 0 aliphatic carbocycles. The van der Waals surface area contributed by atoms with Gasteiger partial charge in [0.15, 0.2) is 17.2 Å². The van der Waals surface area contributed by atoms with Gasteiger partial charge < -0.3 is 20.5 Å². The first-order valence-corrected chi connectivity index (χ1v) is 10.3. The molecule has 1 atom stereocenters. The molecule has 0 bridgehead atoms. The largest absolute Gasteiger partial charge is 0.503 e. The predicted octanol–water partition coefficient (Wildman–Crippen LogP) is 3.79. The summed E-state index contributed by atoms with van der Waals surface area (Å²) in [5.74, 6) is -2.53. The number of pyridine rings is 1. The van der Waals surface area contributed by atoms with Crippen LogP contribution in [0.3, 0.4) is 0 Å².